The molecule has 2 heteroatoms. The van der Waals surface area contributed by atoms with Crippen molar-refractivity contribution in [1.29, 1.82) is 0 Å². The Morgan fingerprint density at radius 1 is 1.32 bits per heavy atom. The Balaban J connectivity index is 2.23. The summed E-state index contributed by atoms with van der Waals surface area (Å²) in [5.74, 6) is 0.586. The van der Waals surface area contributed by atoms with E-state index in [1.165, 1.54) is 24.1 Å². The van der Waals surface area contributed by atoms with Crippen LogP contribution >= 0.6 is 0 Å². The van der Waals surface area contributed by atoms with E-state index in [4.69, 9.17) is 0 Å². The number of nitrogens with one attached hydrogen (secondary N) is 1. The van der Waals surface area contributed by atoms with Crippen LogP contribution in [0.3, 0.4) is 0 Å². The van der Waals surface area contributed by atoms with Crippen molar-refractivity contribution in [2.24, 2.45) is 0 Å². The van der Waals surface area contributed by atoms with E-state index in [9.17, 15) is 0 Å². The summed E-state index contributed by atoms with van der Waals surface area (Å²) in [7, 11) is 0. The summed E-state index contributed by atoms with van der Waals surface area (Å²) in [6.45, 7) is 11.4. The zero-order valence-electron chi connectivity index (χ0n) is 12.8. The van der Waals surface area contributed by atoms with Crippen molar-refractivity contribution in [1.82, 2.24) is 5.32 Å². The van der Waals surface area contributed by atoms with Crippen LogP contribution in [0.2, 0.25) is 0 Å². The molecule has 0 saturated carbocycles. The molecule has 0 amide bonds. The molecule has 0 bridgehead atoms. The molecule has 106 valence electrons. The van der Waals surface area contributed by atoms with Crippen LogP contribution in [0.4, 0.5) is 5.69 Å². The minimum Gasteiger partial charge on any atom is -0.366 e. The van der Waals surface area contributed by atoms with E-state index >= 15 is 0 Å². The average Bonchev–Trinajstić information content (AvgIpc) is 2.41. The maximum Gasteiger partial charge on any atom is 0.0404 e. The van der Waals surface area contributed by atoms with Gasteiger partial charge in [0, 0.05) is 30.9 Å². The van der Waals surface area contributed by atoms with Gasteiger partial charge in [-0.2, -0.15) is 0 Å². The molecule has 1 fully saturated rings. The molecule has 0 aliphatic carbocycles. The second-order valence-corrected chi connectivity index (χ2v) is 6.11. The number of rotatable bonds is 4. The van der Waals surface area contributed by atoms with Gasteiger partial charge >= 0.3 is 0 Å². The fourth-order valence-corrected chi connectivity index (χ4v) is 3.04. The third kappa shape index (κ3) is 3.30. The quantitative estimate of drug-likeness (QED) is 0.886. The molecule has 1 saturated heterocycles. The highest BCUT2D eigenvalue weighted by atomic mass is 15.2. The van der Waals surface area contributed by atoms with Gasteiger partial charge in [-0.15, -0.1) is 0 Å². The van der Waals surface area contributed by atoms with E-state index < -0.39 is 0 Å². The summed E-state index contributed by atoms with van der Waals surface area (Å²) in [5.41, 5.74) is 2.92. The van der Waals surface area contributed by atoms with Crippen molar-refractivity contribution in [3.05, 3.63) is 29.8 Å². The molecule has 2 rings (SSSR count). The van der Waals surface area contributed by atoms with E-state index in [0.717, 1.165) is 13.1 Å². The molecule has 0 spiro atoms. The van der Waals surface area contributed by atoms with Gasteiger partial charge in [-0.05, 0) is 30.9 Å². The Kier molecular flexibility index (Phi) is 4.87. The predicted molar refractivity (Wildman–Crippen MR) is 84.0 cm³/mol. The van der Waals surface area contributed by atoms with E-state index in [-0.39, 0.29) is 0 Å². The SMILES string of the molecule is CCCC1CN(c2ccccc2C(C)C)C(C)CN1. The molecule has 1 heterocycles. The number of anilines is 1. The minimum atomic E-state index is 0.577. The summed E-state index contributed by atoms with van der Waals surface area (Å²) in [6, 6.07) is 10.1. The smallest absolute Gasteiger partial charge is 0.0404 e. The molecular weight excluding hydrogens is 232 g/mol. The third-order valence-corrected chi connectivity index (χ3v) is 4.16. The van der Waals surface area contributed by atoms with Crippen LogP contribution < -0.4 is 10.2 Å². The number of hydrogen-bond donors (Lipinski definition) is 1. The molecule has 2 unspecified atom stereocenters. The monoisotopic (exact) mass is 260 g/mol. The summed E-state index contributed by atoms with van der Waals surface area (Å²) in [6.07, 6.45) is 2.53. The van der Waals surface area contributed by atoms with Crippen molar-refractivity contribution in [3.8, 4) is 0 Å². The third-order valence-electron chi connectivity index (χ3n) is 4.16. The Bertz CT molecular complexity index is 400. The van der Waals surface area contributed by atoms with Gasteiger partial charge < -0.3 is 10.2 Å². The van der Waals surface area contributed by atoms with Crippen molar-refractivity contribution >= 4 is 5.69 Å². The fraction of sp³-hybridized carbons (Fsp3) is 0.647. The van der Waals surface area contributed by atoms with Gasteiger partial charge in [0.15, 0.2) is 0 Å². The van der Waals surface area contributed by atoms with Crippen LogP contribution in [0.1, 0.15) is 52.0 Å². The molecule has 1 aromatic carbocycles. The number of nitrogens with zero attached hydrogens (tertiary/aromatic N) is 1. The zero-order chi connectivity index (χ0) is 13.8. The summed E-state index contributed by atoms with van der Waals surface area (Å²) in [4.78, 5) is 2.60. The summed E-state index contributed by atoms with van der Waals surface area (Å²) < 4.78 is 0. The first kappa shape index (κ1) is 14.4. The summed E-state index contributed by atoms with van der Waals surface area (Å²) in [5, 5.41) is 3.68. The molecule has 1 aliphatic rings. The van der Waals surface area contributed by atoms with E-state index in [0.29, 0.717) is 18.0 Å². The lowest BCUT2D eigenvalue weighted by Gasteiger charge is -2.41. The highest BCUT2D eigenvalue weighted by molar-refractivity contribution is 5.56. The van der Waals surface area contributed by atoms with Crippen LogP contribution in [-0.2, 0) is 0 Å². The Morgan fingerprint density at radius 2 is 2.05 bits per heavy atom. The average molecular weight is 260 g/mol. The number of piperazine rings is 1. The van der Waals surface area contributed by atoms with E-state index in [2.05, 4.69) is 62.2 Å². The maximum absolute atomic E-state index is 3.68. The fourth-order valence-electron chi connectivity index (χ4n) is 3.04. The van der Waals surface area contributed by atoms with Gasteiger partial charge in [-0.3, -0.25) is 0 Å². The Morgan fingerprint density at radius 3 is 2.74 bits per heavy atom. The minimum absolute atomic E-state index is 0.577. The molecule has 2 nitrogen and oxygen atoms in total. The van der Waals surface area contributed by atoms with Gasteiger partial charge in [-0.1, -0.05) is 45.4 Å². The molecule has 0 aromatic heterocycles. The van der Waals surface area contributed by atoms with Crippen molar-refractivity contribution < 1.29 is 0 Å². The zero-order valence-corrected chi connectivity index (χ0v) is 12.8. The second kappa shape index (κ2) is 6.42. The Labute approximate surface area is 118 Å². The first-order chi connectivity index (χ1) is 9.13. The normalized spacial score (nSPS) is 23.9. The predicted octanol–water partition coefficient (Wildman–Crippen LogP) is 3.78. The van der Waals surface area contributed by atoms with Gasteiger partial charge in [-0.25, -0.2) is 0 Å². The highest BCUT2D eigenvalue weighted by Gasteiger charge is 2.26. The van der Waals surface area contributed by atoms with Crippen LogP contribution in [0.5, 0.6) is 0 Å². The first-order valence-electron chi connectivity index (χ1n) is 7.72. The van der Waals surface area contributed by atoms with Crippen molar-refractivity contribution in [3.63, 3.8) is 0 Å². The van der Waals surface area contributed by atoms with Crippen LogP contribution in [-0.4, -0.2) is 25.2 Å². The molecule has 19 heavy (non-hydrogen) atoms. The van der Waals surface area contributed by atoms with Gasteiger partial charge in [0.2, 0.25) is 0 Å². The molecule has 1 N–H and O–H groups in total. The topological polar surface area (TPSA) is 15.3 Å². The largest absolute Gasteiger partial charge is 0.366 e. The standard InChI is InChI=1S/C17H28N2/c1-5-8-15-12-19(14(4)11-18-15)17-10-7-6-9-16(17)13(2)3/h6-7,9-10,13-15,18H,5,8,11-12H2,1-4H3. The highest BCUT2D eigenvalue weighted by Crippen LogP contribution is 2.30. The molecule has 1 aliphatic heterocycles. The van der Waals surface area contributed by atoms with Crippen LogP contribution in [0, 0.1) is 0 Å². The van der Waals surface area contributed by atoms with Gasteiger partial charge in [0.05, 0.1) is 0 Å². The van der Waals surface area contributed by atoms with Crippen LogP contribution in [0.25, 0.3) is 0 Å². The molecule has 2 atom stereocenters. The van der Waals surface area contributed by atoms with Gasteiger partial charge in [0.1, 0.15) is 0 Å². The number of hydrogen-bond acceptors (Lipinski definition) is 2. The maximum atomic E-state index is 3.68. The van der Waals surface area contributed by atoms with E-state index in [1.54, 1.807) is 0 Å². The molecule has 1 aromatic rings. The lowest BCUT2D eigenvalue weighted by Crippen LogP contribution is -2.55. The van der Waals surface area contributed by atoms with Crippen LogP contribution in [0.15, 0.2) is 24.3 Å². The lowest BCUT2D eigenvalue weighted by molar-refractivity contribution is 0.385. The lowest BCUT2D eigenvalue weighted by atomic mass is 9.97. The van der Waals surface area contributed by atoms with Crippen molar-refractivity contribution in [2.45, 2.75) is 58.5 Å². The van der Waals surface area contributed by atoms with E-state index in [1.807, 2.05) is 0 Å². The van der Waals surface area contributed by atoms with Gasteiger partial charge in [0.25, 0.3) is 0 Å². The second-order valence-electron chi connectivity index (χ2n) is 6.11. The number of benzene rings is 1. The Hall–Kier alpha value is -1.02. The number of para-hydroxylation sites is 1. The summed E-state index contributed by atoms with van der Waals surface area (Å²) >= 11 is 0. The molecular formula is C17H28N2. The first-order valence-corrected chi connectivity index (χ1v) is 7.72. The molecule has 0 radical (unpaired) electrons. The van der Waals surface area contributed by atoms with Crippen molar-refractivity contribution in [2.75, 3.05) is 18.0 Å².